The Morgan fingerprint density at radius 1 is 1.04 bits per heavy atom. The van der Waals surface area contributed by atoms with Gasteiger partial charge in [0, 0.05) is 17.3 Å². The fraction of sp³-hybridized carbons (Fsp3) is 0.118. The molecule has 0 saturated carbocycles. The second-order valence-electron chi connectivity index (χ2n) is 5.20. The standard InChI is InChI=1S/C17H14FNO3S/c18-23(21,22)11-9-14-12-16(19-10-5-4-8-15(14)19)17(20)13-6-2-1-3-7-13/h1-8,10,12H,9,11H2. The first-order valence-electron chi connectivity index (χ1n) is 7.07. The van der Waals surface area contributed by atoms with Crippen molar-refractivity contribution in [3.05, 3.63) is 77.6 Å². The summed E-state index contributed by atoms with van der Waals surface area (Å²) in [5.74, 6) is -0.762. The van der Waals surface area contributed by atoms with E-state index in [1.165, 1.54) is 0 Å². The van der Waals surface area contributed by atoms with Crippen LogP contribution >= 0.6 is 0 Å². The maximum atomic E-state index is 12.8. The van der Waals surface area contributed by atoms with Crippen LogP contribution < -0.4 is 0 Å². The minimum absolute atomic E-state index is 0.0222. The van der Waals surface area contributed by atoms with Gasteiger partial charge in [-0.2, -0.15) is 8.42 Å². The number of hydrogen-bond donors (Lipinski definition) is 0. The fourth-order valence-electron chi connectivity index (χ4n) is 2.57. The molecule has 0 fully saturated rings. The fourth-order valence-corrected chi connectivity index (χ4v) is 3.03. The van der Waals surface area contributed by atoms with E-state index in [9.17, 15) is 17.1 Å². The normalized spacial score (nSPS) is 11.7. The Bertz CT molecular complexity index is 962. The van der Waals surface area contributed by atoms with E-state index in [2.05, 4.69) is 0 Å². The second kappa shape index (κ2) is 5.96. The van der Waals surface area contributed by atoms with Gasteiger partial charge in [0.15, 0.2) is 0 Å². The highest BCUT2D eigenvalue weighted by Gasteiger charge is 2.18. The average molecular weight is 331 g/mol. The van der Waals surface area contributed by atoms with E-state index in [1.807, 2.05) is 6.07 Å². The quantitative estimate of drug-likeness (QED) is 0.533. The van der Waals surface area contributed by atoms with E-state index >= 15 is 0 Å². The van der Waals surface area contributed by atoms with Crippen molar-refractivity contribution in [1.82, 2.24) is 4.40 Å². The molecule has 0 saturated heterocycles. The summed E-state index contributed by atoms with van der Waals surface area (Å²) in [4.78, 5) is 12.7. The van der Waals surface area contributed by atoms with Crippen LogP contribution in [0.5, 0.6) is 0 Å². The van der Waals surface area contributed by atoms with E-state index in [0.29, 0.717) is 22.3 Å². The van der Waals surface area contributed by atoms with Crippen molar-refractivity contribution in [2.75, 3.05) is 5.75 Å². The Balaban J connectivity index is 2.06. The number of nitrogens with zero attached hydrogens (tertiary/aromatic N) is 1. The number of aromatic nitrogens is 1. The number of aryl methyl sites for hydroxylation is 1. The summed E-state index contributed by atoms with van der Waals surface area (Å²) in [6, 6.07) is 15.8. The lowest BCUT2D eigenvalue weighted by molar-refractivity contribution is 0.103. The summed E-state index contributed by atoms with van der Waals surface area (Å²) in [7, 11) is -4.55. The van der Waals surface area contributed by atoms with Crippen LogP contribution in [0.4, 0.5) is 3.89 Å². The largest absolute Gasteiger partial charge is 0.313 e. The molecule has 4 nitrogen and oxygen atoms in total. The zero-order valence-corrected chi connectivity index (χ0v) is 13.0. The predicted octanol–water partition coefficient (Wildman–Crippen LogP) is 3.01. The first-order chi connectivity index (χ1) is 11.0. The van der Waals surface area contributed by atoms with E-state index in [1.54, 1.807) is 59.1 Å². The number of pyridine rings is 1. The van der Waals surface area contributed by atoms with Crippen molar-refractivity contribution in [3.8, 4) is 0 Å². The summed E-state index contributed by atoms with van der Waals surface area (Å²) in [6.45, 7) is 0. The van der Waals surface area contributed by atoms with Crippen LogP contribution in [0, 0.1) is 0 Å². The third kappa shape index (κ3) is 3.32. The molecule has 0 bridgehead atoms. The molecule has 0 aliphatic rings. The molecule has 0 aliphatic carbocycles. The lowest BCUT2D eigenvalue weighted by Gasteiger charge is -2.02. The third-order valence-corrected chi connectivity index (χ3v) is 4.33. The number of hydrogen-bond acceptors (Lipinski definition) is 3. The smallest absolute Gasteiger partial charge is 0.302 e. The van der Waals surface area contributed by atoms with Crippen molar-refractivity contribution in [2.45, 2.75) is 6.42 Å². The Morgan fingerprint density at radius 2 is 1.74 bits per heavy atom. The summed E-state index contributed by atoms with van der Waals surface area (Å²) >= 11 is 0. The van der Waals surface area contributed by atoms with Gasteiger partial charge in [0.25, 0.3) is 0 Å². The zero-order valence-electron chi connectivity index (χ0n) is 12.1. The lowest BCUT2D eigenvalue weighted by atomic mass is 10.1. The number of carbonyl (C=O) groups is 1. The van der Waals surface area contributed by atoms with Crippen LogP contribution in [0.15, 0.2) is 60.8 Å². The van der Waals surface area contributed by atoms with Gasteiger partial charge < -0.3 is 4.40 Å². The molecule has 1 aromatic carbocycles. The molecule has 0 aliphatic heterocycles. The van der Waals surface area contributed by atoms with E-state index in [0.717, 1.165) is 0 Å². The third-order valence-electron chi connectivity index (χ3n) is 3.64. The van der Waals surface area contributed by atoms with Crippen LogP contribution in [-0.4, -0.2) is 24.4 Å². The lowest BCUT2D eigenvalue weighted by Crippen LogP contribution is -2.04. The molecule has 3 rings (SSSR count). The maximum absolute atomic E-state index is 12.8. The highest BCUT2D eigenvalue weighted by atomic mass is 32.3. The topological polar surface area (TPSA) is 55.6 Å². The number of rotatable bonds is 5. The van der Waals surface area contributed by atoms with Crippen LogP contribution in [0.3, 0.4) is 0 Å². The number of ketones is 1. The minimum Gasteiger partial charge on any atom is -0.313 e. The molecule has 0 radical (unpaired) electrons. The molecule has 0 unspecified atom stereocenters. The van der Waals surface area contributed by atoms with E-state index in [-0.39, 0.29) is 12.2 Å². The predicted molar refractivity (Wildman–Crippen MR) is 85.9 cm³/mol. The van der Waals surface area contributed by atoms with Gasteiger partial charge in [-0.15, -0.1) is 3.89 Å². The van der Waals surface area contributed by atoms with Crippen LogP contribution in [0.2, 0.25) is 0 Å². The zero-order chi connectivity index (χ0) is 16.4. The second-order valence-corrected chi connectivity index (χ2v) is 6.68. The number of benzene rings is 1. The molecule has 6 heteroatoms. The van der Waals surface area contributed by atoms with E-state index in [4.69, 9.17) is 0 Å². The van der Waals surface area contributed by atoms with Gasteiger partial charge in [-0.25, -0.2) is 0 Å². The van der Waals surface area contributed by atoms with Crippen molar-refractivity contribution in [1.29, 1.82) is 0 Å². The number of fused-ring (bicyclic) bond motifs is 1. The highest BCUT2D eigenvalue weighted by molar-refractivity contribution is 7.86. The number of halogens is 1. The molecule has 118 valence electrons. The molecular weight excluding hydrogens is 317 g/mol. The molecule has 2 aromatic heterocycles. The first-order valence-corrected chi connectivity index (χ1v) is 8.62. The molecule has 2 heterocycles. The Kier molecular flexibility index (Phi) is 4.00. The molecule has 0 amide bonds. The molecule has 23 heavy (non-hydrogen) atoms. The van der Waals surface area contributed by atoms with Gasteiger partial charge in [0.1, 0.15) is 0 Å². The molecule has 0 N–H and O–H groups in total. The molecule has 3 aromatic rings. The Hall–Kier alpha value is -2.47. The van der Waals surface area contributed by atoms with Crippen molar-refractivity contribution < 1.29 is 17.1 Å². The monoisotopic (exact) mass is 331 g/mol. The van der Waals surface area contributed by atoms with Crippen molar-refractivity contribution in [2.24, 2.45) is 0 Å². The number of carbonyl (C=O) groups excluding carboxylic acids is 1. The van der Waals surface area contributed by atoms with Gasteiger partial charge in [0.05, 0.1) is 11.4 Å². The summed E-state index contributed by atoms with van der Waals surface area (Å²) in [5, 5.41) is 0. The maximum Gasteiger partial charge on any atom is 0.302 e. The van der Waals surface area contributed by atoms with Crippen molar-refractivity contribution >= 4 is 21.5 Å². The van der Waals surface area contributed by atoms with E-state index < -0.39 is 16.0 Å². The SMILES string of the molecule is O=C(c1ccccc1)c1cc(CCS(=O)(=O)F)c2ccccn12. The van der Waals surface area contributed by atoms with Gasteiger partial charge in [-0.3, -0.25) is 4.79 Å². The summed E-state index contributed by atoms with van der Waals surface area (Å²) < 4.78 is 36.0. The van der Waals surface area contributed by atoms with Crippen molar-refractivity contribution in [3.63, 3.8) is 0 Å². The van der Waals surface area contributed by atoms with Gasteiger partial charge in [0.2, 0.25) is 5.78 Å². The van der Waals surface area contributed by atoms with Gasteiger partial charge >= 0.3 is 10.2 Å². The molecule has 0 spiro atoms. The Labute approximate surface area is 133 Å². The molecular formula is C17H14FNO3S. The highest BCUT2D eigenvalue weighted by Crippen LogP contribution is 2.21. The Morgan fingerprint density at radius 3 is 2.43 bits per heavy atom. The van der Waals surface area contributed by atoms with Crippen LogP contribution in [0.1, 0.15) is 21.6 Å². The van der Waals surface area contributed by atoms with Crippen LogP contribution in [0.25, 0.3) is 5.52 Å². The summed E-state index contributed by atoms with van der Waals surface area (Å²) in [6.07, 6.45) is 1.76. The van der Waals surface area contributed by atoms with Gasteiger partial charge in [-0.05, 0) is 30.2 Å². The summed E-state index contributed by atoms with van der Waals surface area (Å²) in [5.41, 5.74) is 2.31. The minimum atomic E-state index is -4.55. The first kappa shape index (κ1) is 15.4. The van der Waals surface area contributed by atoms with Gasteiger partial charge in [-0.1, -0.05) is 36.4 Å². The average Bonchev–Trinajstić information content (AvgIpc) is 2.91. The van der Waals surface area contributed by atoms with Crippen LogP contribution in [-0.2, 0) is 16.6 Å². The molecule has 0 atom stereocenters.